The first-order valence-corrected chi connectivity index (χ1v) is 8.96. The van der Waals surface area contributed by atoms with Gasteiger partial charge < -0.3 is 19.5 Å². The standard InChI is InChI=1S/C21H28FNO3.ClH/c1-16(2)25-13-7-12-23-14-17-9-6-11-20(24-3)21(17)26-15-18-8-4-5-10-19(18)22;/h4-6,8-11,16,23H,7,12-15H2,1-3H3;1H. The zero-order chi connectivity index (χ0) is 18.8. The Kier molecular flexibility index (Phi) is 10.8. The summed E-state index contributed by atoms with van der Waals surface area (Å²) in [5.74, 6) is 1.01. The highest BCUT2D eigenvalue weighted by Crippen LogP contribution is 2.32. The molecule has 0 bridgehead atoms. The van der Waals surface area contributed by atoms with Crippen LogP contribution in [0.1, 0.15) is 31.4 Å². The molecule has 0 radical (unpaired) electrons. The van der Waals surface area contributed by atoms with Gasteiger partial charge in [-0.25, -0.2) is 4.39 Å². The highest BCUT2D eigenvalue weighted by atomic mass is 35.5. The highest BCUT2D eigenvalue weighted by Gasteiger charge is 2.12. The number of hydrogen-bond donors (Lipinski definition) is 1. The van der Waals surface area contributed by atoms with Crippen LogP contribution in [0.5, 0.6) is 11.5 Å². The lowest BCUT2D eigenvalue weighted by molar-refractivity contribution is 0.0770. The summed E-state index contributed by atoms with van der Waals surface area (Å²) < 4.78 is 30.7. The Labute approximate surface area is 167 Å². The van der Waals surface area contributed by atoms with Crippen LogP contribution in [0, 0.1) is 5.82 Å². The number of methoxy groups -OCH3 is 1. The van der Waals surface area contributed by atoms with Gasteiger partial charge in [-0.3, -0.25) is 0 Å². The van der Waals surface area contributed by atoms with Crippen LogP contribution in [0.15, 0.2) is 42.5 Å². The van der Waals surface area contributed by atoms with Gasteiger partial charge in [0.25, 0.3) is 0 Å². The van der Waals surface area contributed by atoms with E-state index in [1.165, 1.54) is 6.07 Å². The van der Waals surface area contributed by atoms with E-state index in [0.29, 0.717) is 23.6 Å². The van der Waals surface area contributed by atoms with Gasteiger partial charge in [-0.2, -0.15) is 0 Å². The summed E-state index contributed by atoms with van der Waals surface area (Å²) in [5.41, 5.74) is 1.49. The molecule has 0 spiro atoms. The molecule has 150 valence electrons. The van der Waals surface area contributed by atoms with Gasteiger partial charge in [-0.15, -0.1) is 12.4 Å². The zero-order valence-corrected chi connectivity index (χ0v) is 17.0. The Morgan fingerprint density at radius 2 is 1.78 bits per heavy atom. The molecule has 2 aromatic carbocycles. The molecule has 0 aliphatic rings. The third-order valence-electron chi connectivity index (χ3n) is 3.87. The van der Waals surface area contributed by atoms with Gasteiger partial charge in [0, 0.05) is 24.3 Å². The van der Waals surface area contributed by atoms with Crippen LogP contribution < -0.4 is 14.8 Å². The molecule has 0 unspecified atom stereocenters. The minimum Gasteiger partial charge on any atom is -0.493 e. The van der Waals surface area contributed by atoms with Crippen LogP contribution in [-0.2, 0) is 17.9 Å². The first kappa shape index (κ1) is 23.2. The number of hydrogen-bond acceptors (Lipinski definition) is 4. The van der Waals surface area contributed by atoms with Crippen LogP contribution in [0.2, 0.25) is 0 Å². The Morgan fingerprint density at radius 1 is 1.04 bits per heavy atom. The second kappa shape index (κ2) is 12.5. The molecule has 0 aliphatic carbocycles. The maximum atomic E-state index is 13.8. The van der Waals surface area contributed by atoms with E-state index in [1.807, 2.05) is 32.0 Å². The van der Waals surface area contributed by atoms with E-state index in [-0.39, 0.29) is 30.9 Å². The Hall–Kier alpha value is -1.82. The summed E-state index contributed by atoms with van der Waals surface area (Å²) in [6.45, 7) is 6.44. The van der Waals surface area contributed by atoms with Crippen molar-refractivity contribution >= 4 is 12.4 Å². The smallest absolute Gasteiger partial charge is 0.166 e. The van der Waals surface area contributed by atoms with Crippen molar-refractivity contribution in [3.05, 3.63) is 59.4 Å². The fourth-order valence-corrected chi connectivity index (χ4v) is 2.53. The molecule has 4 nitrogen and oxygen atoms in total. The minimum atomic E-state index is -0.271. The number of benzene rings is 2. The number of ether oxygens (including phenoxy) is 3. The monoisotopic (exact) mass is 397 g/mol. The van der Waals surface area contributed by atoms with Crippen molar-refractivity contribution in [1.29, 1.82) is 0 Å². The van der Waals surface area contributed by atoms with Crippen molar-refractivity contribution in [2.75, 3.05) is 20.3 Å². The third kappa shape index (κ3) is 7.75. The number of para-hydroxylation sites is 1. The Bertz CT molecular complexity index is 682. The molecule has 2 aromatic rings. The quantitative estimate of drug-likeness (QED) is 0.556. The van der Waals surface area contributed by atoms with Crippen LogP contribution in [0.25, 0.3) is 0 Å². The topological polar surface area (TPSA) is 39.7 Å². The second-order valence-corrected chi connectivity index (χ2v) is 6.28. The summed E-state index contributed by atoms with van der Waals surface area (Å²) in [6, 6.07) is 12.4. The molecule has 0 atom stereocenters. The SMILES string of the molecule is COc1cccc(CNCCCOC(C)C)c1OCc1ccccc1F.Cl. The number of halogens is 2. The maximum Gasteiger partial charge on any atom is 0.166 e. The van der Waals surface area contributed by atoms with Gasteiger partial charge >= 0.3 is 0 Å². The fraction of sp³-hybridized carbons (Fsp3) is 0.429. The second-order valence-electron chi connectivity index (χ2n) is 6.28. The molecule has 0 fully saturated rings. The van der Waals surface area contributed by atoms with E-state index in [1.54, 1.807) is 25.3 Å². The summed E-state index contributed by atoms with van der Waals surface area (Å²) in [6.07, 6.45) is 1.19. The van der Waals surface area contributed by atoms with Crippen LogP contribution in [0.4, 0.5) is 4.39 Å². The zero-order valence-electron chi connectivity index (χ0n) is 16.2. The van der Waals surface area contributed by atoms with Crippen molar-refractivity contribution in [3.63, 3.8) is 0 Å². The van der Waals surface area contributed by atoms with E-state index in [9.17, 15) is 4.39 Å². The van der Waals surface area contributed by atoms with E-state index >= 15 is 0 Å². The van der Waals surface area contributed by atoms with E-state index in [0.717, 1.165) is 25.1 Å². The molecule has 0 aliphatic heterocycles. The third-order valence-corrected chi connectivity index (χ3v) is 3.87. The van der Waals surface area contributed by atoms with Gasteiger partial charge in [-0.05, 0) is 38.9 Å². The predicted molar refractivity (Wildman–Crippen MR) is 108 cm³/mol. The van der Waals surface area contributed by atoms with E-state index in [4.69, 9.17) is 14.2 Å². The van der Waals surface area contributed by atoms with Crippen LogP contribution in [0.3, 0.4) is 0 Å². The normalized spacial score (nSPS) is 10.6. The lowest BCUT2D eigenvalue weighted by Gasteiger charge is -2.16. The van der Waals surface area contributed by atoms with Crippen molar-refractivity contribution in [2.24, 2.45) is 0 Å². The summed E-state index contributed by atoms with van der Waals surface area (Å²) in [7, 11) is 1.60. The molecular formula is C21H29ClFNO3. The molecule has 0 aromatic heterocycles. The van der Waals surface area contributed by atoms with Gasteiger partial charge in [0.05, 0.1) is 13.2 Å². The highest BCUT2D eigenvalue weighted by molar-refractivity contribution is 5.85. The first-order valence-electron chi connectivity index (χ1n) is 8.96. The fourth-order valence-electron chi connectivity index (χ4n) is 2.53. The van der Waals surface area contributed by atoms with Gasteiger partial charge in [-0.1, -0.05) is 30.3 Å². The lowest BCUT2D eigenvalue weighted by Crippen LogP contribution is -2.18. The van der Waals surface area contributed by atoms with Crippen LogP contribution >= 0.6 is 12.4 Å². The minimum absolute atomic E-state index is 0. The molecule has 1 N–H and O–H groups in total. The molecule has 0 amide bonds. The van der Waals surface area contributed by atoms with Crippen molar-refractivity contribution in [3.8, 4) is 11.5 Å². The van der Waals surface area contributed by atoms with Crippen LogP contribution in [-0.4, -0.2) is 26.4 Å². The summed E-state index contributed by atoms with van der Waals surface area (Å²) >= 11 is 0. The molecule has 2 rings (SSSR count). The average Bonchev–Trinajstić information content (AvgIpc) is 2.64. The molecule has 0 heterocycles. The van der Waals surface area contributed by atoms with Crippen molar-refractivity contribution in [1.82, 2.24) is 5.32 Å². The summed E-state index contributed by atoms with van der Waals surface area (Å²) in [5, 5.41) is 3.39. The van der Waals surface area contributed by atoms with E-state index in [2.05, 4.69) is 5.32 Å². The van der Waals surface area contributed by atoms with Gasteiger partial charge in [0.2, 0.25) is 0 Å². The van der Waals surface area contributed by atoms with Crippen molar-refractivity contribution in [2.45, 2.75) is 39.5 Å². The Balaban J connectivity index is 0.00000364. The molecular weight excluding hydrogens is 369 g/mol. The van der Waals surface area contributed by atoms with Gasteiger partial charge in [0.1, 0.15) is 12.4 Å². The largest absolute Gasteiger partial charge is 0.493 e. The molecule has 27 heavy (non-hydrogen) atoms. The summed E-state index contributed by atoms with van der Waals surface area (Å²) in [4.78, 5) is 0. The molecule has 0 saturated carbocycles. The number of nitrogens with one attached hydrogen (secondary N) is 1. The first-order chi connectivity index (χ1) is 12.6. The molecule has 0 saturated heterocycles. The number of rotatable bonds is 11. The maximum absolute atomic E-state index is 13.8. The molecule has 6 heteroatoms. The van der Waals surface area contributed by atoms with Gasteiger partial charge in [0.15, 0.2) is 11.5 Å². The predicted octanol–water partition coefficient (Wildman–Crippen LogP) is 4.74. The average molecular weight is 398 g/mol. The van der Waals surface area contributed by atoms with E-state index < -0.39 is 0 Å². The lowest BCUT2D eigenvalue weighted by atomic mass is 10.1. The van der Waals surface area contributed by atoms with Crippen molar-refractivity contribution < 1.29 is 18.6 Å². The Morgan fingerprint density at radius 3 is 2.48 bits per heavy atom.